The quantitative estimate of drug-likeness (QED) is 0.939. The van der Waals surface area contributed by atoms with E-state index in [1.807, 2.05) is 20.8 Å². The third kappa shape index (κ3) is 3.08. The predicted octanol–water partition coefficient (Wildman–Crippen LogP) is 2.47. The van der Waals surface area contributed by atoms with Crippen LogP contribution in [0.5, 0.6) is 5.75 Å². The molecule has 2 rings (SSSR count). The summed E-state index contributed by atoms with van der Waals surface area (Å²) in [6.07, 6.45) is 0. The smallest absolute Gasteiger partial charge is 0.358 e. The Labute approximate surface area is 127 Å². The number of rotatable bonds is 4. The van der Waals surface area contributed by atoms with Crippen molar-refractivity contribution in [3.63, 3.8) is 0 Å². The van der Waals surface area contributed by atoms with Crippen molar-refractivity contribution in [2.45, 2.75) is 32.7 Å². The van der Waals surface area contributed by atoms with Crippen molar-refractivity contribution < 1.29 is 19.0 Å². The molecular formula is C15H18FN3O3. The molecule has 0 aliphatic heterocycles. The molecule has 0 unspecified atom stereocenters. The monoisotopic (exact) mass is 307 g/mol. The molecule has 7 heteroatoms. The molecule has 1 heterocycles. The molecule has 0 radical (unpaired) electrons. The first kappa shape index (κ1) is 15.9. The Morgan fingerprint density at radius 2 is 2.09 bits per heavy atom. The molecular weight excluding hydrogens is 289 g/mol. The molecule has 1 N–H and O–H groups in total. The molecule has 0 spiro atoms. The maximum atomic E-state index is 13.8. The number of carboxylic acid groups (broad SMARTS) is 1. The fraction of sp³-hybridized carbons (Fsp3) is 0.400. The second kappa shape index (κ2) is 5.75. The van der Waals surface area contributed by atoms with Gasteiger partial charge in [0.15, 0.2) is 17.3 Å². The van der Waals surface area contributed by atoms with Gasteiger partial charge in [0.2, 0.25) is 0 Å². The zero-order chi connectivity index (χ0) is 16.5. The van der Waals surface area contributed by atoms with Crippen molar-refractivity contribution in [3.05, 3.63) is 41.0 Å². The van der Waals surface area contributed by atoms with Gasteiger partial charge in [0.25, 0.3) is 0 Å². The number of halogens is 1. The van der Waals surface area contributed by atoms with Crippen molar-refractivity contribution in [2.75, 3.05) is 7.11 Å². The molecule has 6 nitrogen and oxygen atoms in total. The van der Waals surface area contributed by atoms with Crippen molar-refractivity contribution in [3.8, 4) is 5.75 Å². The summed E-state index contributed by atoms with van der Waals surface area (Å²) in [5.74, 6) is -1.45. The number of nitrogens with zero attached hydrogens (tertiary/aromatic N) is 3. The molecule has 118 valence electrons. The molecule has 0 saturated carbocycles. The highest BCUT2D eigenvalue weighted by molar-refractivity contribution is 5.86. The first-order valence-corrected chi connectivity index (χ1v) is 6.73. The van der Waals surface area contributed by atoms with Gasteiger partial charge < -0.3 is 9.84 Å². The highest BCUT2D eigenvalue weighted by Gasteiger charge is 2.29. The third-order valence-electron chi connectivity index (χ3n) is 3.20. The van der Waals surface area contributed by atoms with Crippen LogP contribution in [0.3, 0.4) is 0 Å². The number of aromatic nitrogens is 3. The van der Waals surface area contributed by atoms with E-state index in [0.29, 0.717) is 11.3 Å². The number of methoxy groups -OCH3 is 1. The van der Waals surface area contributed by atoms with Crippen LogP contribution in [0, 0.1) is 5.82 Å². The van der Waals surface area contributed by atoms with Gasteiger partial charge in [-0.2, -0.15) is 0 Å². The van der Waals surface area contributed by atoms with Crippen molar-refractivity contribution in [1.29, 1.82) is 0 Å². The Kier molecular flexibility index (Phi) is 4.16. The fourth-order valence-electron chi connectivity index (χ4n) is 2.29. The van der Waals surface area contributed by atoms with E-state index in [9.17, 15) is 14.3 Å². The standard InChI is InChI=1S/C15H18FN3O3/c1-15(2,3)13-12(14(20)21)17-18-19(13)8-9-5-6-11(22-4)10(16)7-9/h5-7H,8H2,1-4H3,(H,20,21). The van der Waals surface area contributed by atoms with Crippen molar-refractivity contribution in [2.24, 2.45) is 0 Å². The summed E-state index contributed by atoms with van der Waals surface area (Å²) in [5, 5.41) is 16.9. The number of hydrogen-bond acceptors (Lipinski definition) is 4. The number of hydrogen-bond donors (Lipinski definition) is 1. The zero-order valence-corrected chi connectivity index (χ0v) is 12.9. The van der Waals surface area contributed by atoms with Crippen LogP contribution in [0.15, 0.2) is 18.2 Å². The Balaban J connectivity index is 2.42. The SMILES string of the molecule is COc1ccc(Cn2nnc(C(=O)O)c2C(C)(C)C)cc1F. The minimum atomic E-state index is -1.13. The second-order valence-corrected chi connectivity index (χ2v) is 5.97. The lowest BCUT2D eigenvalue weighted by molar-refractivity contribution is 0.0687. The minimum absolute atomic E-state index is 0.0820. The summed E-state index contributed by atoms with van der Waals surface area (Å²) in [5.41, 5.74) is 0.603. The molecule has 0 aliphatic carbocycles. The van der Waals surface area contributed by atoms with E-state index < -0.39 is 17.2 Å². The van der Waals surface area contributed by atoms with Gasteiger partial charge in [0, 0.05) is 5.41 Å². The van der Waals surface area contributed by atoms with Crippen LogP contribution in [-0.4, -0.2) is 33.2 Å². The molecule has 0 aliphatic rings. The van der Waals surface area contributed by atoms with E-state index in [1.165, 1.54) is 23.9 Å². The van der Waals surface area contributed by atoms with Crippen LogP contribution in [0.1, 0.15) is 42.5 Å². The summed E-state index contributed by atoms with van der Waals surface area (Å²) in [6, 6.07) is 4.57. The number of carboxylic acids is 1. The maximum Gasteiger partial charge on any atom is 0.358 e. The number of benzene rings is 1. The Hall–Kier alpha value is -2.44. The zero-order valence-electron chi connectivity index (χ0n) is 12.9. The summed E-state index contributed by atoms with van der Waals surface area (Å²) in [6.45, 7) is 5.86. The Morgan fingerprint density at radius 1 is 1.41 bits per heavy atom. The molecule has 22 heavy (non-hydrogen) atoms. The molecule has 0 fully saturated rings. The van der Waals surface area contributed by atoms with Crippen LogP contribution in [0.2, 0.25) is 0 Å². The van der Waals surface area contributed by atoms with Gasteiger partial charge >= 0.3 is 5.97 Å². The average Bonchev–Trinajstić information content (AvgIpc) is 2.83. The van der Waals surface area contributed by atoms with Gasteiger partial charge in [0.1, 0.15) is 0 Å². The van der Waals surface area contributed by atoms with Crippen molar-refractivity contribution in [1.82, 2.24) is 15.0 Å². The van der Waals surface area contributed by atoms with Crippen LogP contribution in [-0.2, 0) is 12.0 Å². The van der Waals surface area contributed by atoms with Gasteiger partial charge in [-0.1, -0.05) is 32.1 Å². The second-order valence-electron chi connectivity index (χ2n) is 5.97. The average molecular weight is 307 g/mol. The summed E-state index contributed by atoms with van der Waals surface area (Å²) in [4.78, 5) is 11.3. The van der Waals surface area contributed by atoms with E-state index in [2.05, 4.69) is 10.3 Å². The van der Waals surface area contributed by atoms with Gasteiger partial charge in [-0.05, 0) is 17.7 Å². The fourth-order valence-corrected chi connectivity index (χ4v) is 2.29. The van der Waals surface area contributed by atoms with Gasteiger partial charge in [0.05, 0.1) is 19.3 Å². The number of ether oxygens (including phenoxy) is 1. The number of carbonyl (C=O) groups is 1. The van der Waals surface area contributed by atoms with Crippen LogP contribution < -0.4 is 4.74 Å². The number of aromatic carboxylic acids is 1. The summed E-state index contributed by atoms with van der Waals surface area (Å²) >= 11 is 0. The summed E-state index contributed by atoms with van der Waals surface area (Å²) in [7, 11) is 1.40. The van der Waals surface area contributed by atoms with Gasteiger partial charge in [-0.3, -0.25) is 0 Å². The highest BCUT2D eigenvalue weighted by atomic mass is 19.1. The largest absolute Gasteiger partial charge is 0.494 e. The van der Waals surface area contributed by atoms with E-state index in [1.54, 1.807) is 6.07 Å². The lowest BCUT2D eigenvalue weighted by Gasteiger charge is -2.20. The minimum Gasteiger partial charge on any atom is -0.494 e. The van der Waals surface area contributed by atoms with Gasteiger partial charge in [-0.25, -0.2) is 13.9 Å². The lowest BCUT2D eigenvalue weighted by atomic mass is 9.90. The Morgan fingerprint density at radius 3 is 2.59 bits per heavy atom. The first-order chi connectivity index (χ1) is 10.2. The van der Waals surface area contributed by atoms with Crippen LogP contribution in [0.4, 0.5) is 4.39 Å². The molecule has 0 atom stereocenters. The third-order valence-corrected chi connectivity index (χ3v) is 3.20. The first-order valence-electron chi connectivity index (χ1n) is 6.73. The summed E-state index contributed by atoms with van der Waals surface area (Å²) < 4.78 is 20.1. The van der Waals surface area contributed by atoms with E-state index in [4.69, 9.17) is 4.74 Å². The lowest BCUT2D eigenvalue weighted by Crippen LogP contribution is -2.22. The molecule has 1 aromatic heterocycles. The predicted molar refractivity (Wildman–Crippen MR) is 77.7 cm³/mol. The molecule has 0 saturated heterocycles. The molecule has 0 bridgehead atoms. The van der Waals surface area contributed by atoms with E-state index in [0.717, 1.165) is 0 Å². The van der Waals surface area contributed by atoms with Crippen molar-refractivity contribution >= 4 is 5.97 Å². The van der Waals surface area contributed by atoms with E-state index >= 15 is 0 Å². The topological polar surface area (TPSA) is 77.2 Å². The highest BCUT2D eigenvalue weighted by Crippen LogP contribution is 2.26. The maximum absolute atomic E-state index is 13.8. The van der Waals surface area contributed by atoms with Crippen LogP contribution in [0.25, 0.3) is 0 Å². The van der Waals surface area contributed by atoms with Crippen LogP contribution >= 0.6 is 0 Å². The van der Waals surface area contributed by atoms with Gasteiger partial charge in [-0.15, -0.1) is 5.10 Å². The molecule has 1 aromatic carbocycles. The van der Waals surface area contributed by atoms with E-state index in [-0.39, 0.29) is 18.0 Å². The molecule has 0 amide bonds. The molecule has 2 aromatic rings. The normalized spacial score (nSPS) is 11.5. The Bertz CT molecular complexity index is 705.